The lowest BCUT2D eigenvalue weighted by Crippen LogP contribution is -2.51. The zero-order valence-corrected chi connectivity index (χ0v) is 18.7. The molecule has 0 fully saturated rings. The maximum atomic E-state index is 16.1. The van der Waals surface area contributed by atoms with Crippen molar-refractivity contribution < 1.29 is 22.6 Å². The van der Waals surface area contributed by atoms with Crippen molar-refractivity contribution in [1.82, 2.24) is 4.48 Å². The highest BCUT2D eigenvalue weighted by Crippen LogP contribution is 2.48. The van der Waals surface area contributed by atoms with Gasteiger partial charge in [0.25, 0.3) is 0 Å². The van der Waals surface area contributed by atoms with Crippen LogP contribution in [0.3, 0.4) is 0 Å². The fourth-order valence-corrected chi connectivity index (χ4v) is 4.93. The molecule has 1 aromatic heterocycles. The standard InChI is InChI=1S/C23H21BF2N4O2/c1-12-18(10-27)14(3)29-22(12)21(17-8-7-16(31-5)9-20(17)32-6)23-13(2)19(11-28)15(4)30(23)24(29,25)26/h7-9H,1-6H3. The van der Waals surface area contributed by atoms with E-state index >= 15 is 8.63 Å². The number of ether oxygens (including phenoxy) is 2. The van der Waals surface area contributed by atoms with Gasteiger partial charge in [0.05, 0.1) is 25.4 Å². The molecule has 3 heterocycles. The molecule has 1 aromatic carbocycles. The maximum absolute atomic E-state index is 16.1. The average molecular weight is 434 g/mol. The largest absolute Gasteiger partial charge is 0.737 e. The molecular weight excluding hydrogens is 413 g/mol. The second-order valence-electron chi connectivity index (χ2n) is 7.86. The summed E-state index contributed by atoms with van der Waals surface area (Å²) >= 11 is 0. The summed E-state index contributed by atoms with van der Waals surface area (Å²) in [5.74, 6) is 0.988. The summed E-state index contributed by atoms with van der Waals surface area (Å²) in [6.45, 7) is 2.05. The summed E-state index contributed by atoms with van der Waals surface area (Å²) in [7, 11) is 3.02. The fraction of sp³-hybridized carbons (Fsp3) is 0.261. The molecular formula is C23H21BF2N4O2. The molecule has 0 radical (unpaired) electrons. The number of nitrogens with zero attached hydrogens (tertiary/aromatic N) is 4. The Bertz CT molecular complexity index is 1380. The number of hydrogen-bond donors (Lipinski definition) is 0. The molecule has 2 aromatic rings. The molecule has 0 saturated heterocycles. The zero-order chi connectivity index (χ0) is 23.5. The van der Waals surface area contributed by atoms with Crippen molar-refractivity contribution in [2.24, 2.45) is 0 Å². The van der Waals surface area contributed by atoms with Crippen molar-refractivity contribution in [3.05, 3.63) is 63.1 Å². The first-order valence-electron chi connectivity index (χ1n) is 10.0. The minimum atomic E-state index is -4.34. The Labute approximate surface area is 185 Å². The van der Waals surface area contributed by atoms with E-state index in [1.54, 1.807) is 32.0 Å². The van der Waals surface area contributed by atoms with E-state index < -0.39 is 6.97 Å². The third kappa shape index (κ3) is 2.51. The van der Waals surface area contributed by atoms with Gasteiger partial charge in [-0.05, 0) is 38.5 Å². The van der Waals surface area contributed by atoms with Crippen LogP contribution in [0, 0.1) is 36.5 Å². The van der Waals surface area contributed by atoms with E-state index in [0.717, 1.165) is 8.96 Å². The van der Waals surface area contributed by atoms with Crippen molar-refractivity contribution >= 4 is 18.3 Å². The Balaban J connectivity index is 2.26. The van der Waals surface area contributed by atoms with Crippen LogP contribution in [0.15, 0.2) is 35.0 Å². The minimum Gasteiger partial charge on any atom is -0.497 e. The van der Waals surface area contributed by atoms with Crippen LogP contribution in [0.25, 0.3) is 5.57 Å². The maximum Gasteiger partial charge on any atom is 0.737 e. The first-order valence-corrected chi connectivity index (χ1v) is 10.0. The van der Waals surface area contributed by atoms with Crippen LogP contribution >= 0.6 is 0 Å². The van der Waals surface area contributed by atoms with Gasteiger partial charge in [-0.2, -0.15) is 10.5 Å². The molecule has 4 rings (SSSR count). The highest BCUT2D eigenvalue weighted by molar-refractivity contribution is 6.58. The predicted molar refractivity (Wildman–Crippen MR) is 117 cm³/mol. The molecule has 0 saturated carbocycles. The lowest BCUT2D eigenvalue weighted by atomic mass is 9.83. The Hall–Kier alpha value is -3.85. The summed E-state index contributed by atoms with van der Waals surface area (Å²) in [6.07, 6.45) is 0. The molecule has 9 heteroatoms. The normalized spacial score (nSPS) is 16.6. The second kappa shape index (κ2) is 7.10. The van der Waals surface area contributed by atoms with Crippen LogP contribution in [0.4, 0.5) is 8.63 Å². The SMILES string of the molecule is COc1ccc(C2=C3C(C)=C(C#N)C(C)=[N+]3[B-](F)(F)n3c(C)c(C#N)c(C)c32)c(OC)c1. The molecule has 0 unspecified atom stereocenters. The first-order chi connectivity index (χ1) is 15.1. The topological polar surface area (TPSA) is 74.0 Å². The molecule has 162 valence electrons. The smallest absolute Gasteiger partial charge is 0.497 e. The van der Waals surface area contributed by atoms with Crippen molar-refractivity contribution in [3.63, 3.8) is 0 Å². The molecule has 0 spiro atoms. The number of halogens is 2. The van der Waals surface area contributed by atoms with Crippen LogP contribution in [0.1, 0.15) is 41.9 Å². The van der Waals surface area contributed by atoms with Crippen LogP contribution in [0.5, 0.6) is 11.5 Å². The quantitative estimate of drug-likeness (QED) is 0.675. The number of allylic oxidation sites excluding steroid dienone is 2. The number of rotatable bonds is 3. The van der Waals surface area contributed by atoms with Gasteiger partial charge in [-0.25, -0.2) is 0 Å². The zero-order valence-electron chi connectivity index (χ0n) is 18.7. The summed E-state index contributed by atoms with van der Waals surface area (Å²) in [4.78, 5) is 0. The number of aromatic nitrogens is 1. The van der Waals surface area contributed by atoms with Gasteiger partial charge in [-0.15, -0.1) is 0 Å². The van der Waals surface area contributed by atoms with E-state index in [-0.39, 0.29) is 33.9 Å². The van der Waals surface area contributed by atoms with Gasteiger partial charge in [-0.1, -0.05) is 0 Å². The second-order valence-corrected chi connectivity index (χ2v) is 7.86. The van der Waals surface area contributed by atoms with Gasteiger partial charge < -0.3 is 27.1 Å². The Morgan fingerprint density at radius 1 is 1.03 bits per heavy atom. The Morgan fingerprint density at radius 2 is 1.72 bits per heavy atom. The van der Waals surface area contributed by atoms with Gasteiger partial charge in [-0.3, -0.25) is 0 Å². The van der Waals surface area contributed by atoms with Crippen molar-refractivity contribution in [1.29, 1.82) is 10.5 Å². The highest BCUT2D eigenvalue weighted by Gasteiger charge is 2.57. The van der Waals surface area contributed by atoms with Gasteiger partial charge in [0.1, 0.15) is 29.2 Å². The molecule has 6 nitrogen and oxygen atoms in total. The van der Waals surface area contributed by atoms with E-state index in [1.807, 2.05) is 0 Å². The van der Waals surface area contributed by atoms with Crippen molar-refractivity contribution in [3.8, 4) is 23.6 Å². The van der Waals surface area contributed by atoms with Crippen molar-refractivity contribution in [2.45, 2.75) is 27.7 Å². The molecule has 2 aliphatic rings. The summed E-state index contributed by atoms with van der Waals surface area (Å²) in [5.41, 5.74) is 3.29. The summed E-state index contributed by atoms with van der Waals surface area (Å²) in [5, 5.41) is 19.4. The Kier molecular flexibility index (Phi) is 4.74. The Morgan fingerprint density at radius 3 is 2.28 bits per heavy atom. The molecule has 0 aliphatic carbocycles. The first kappa shape index (κ1) is 21.4. The lowest BCUT2D eigenvalue weighted by Gasteiger charge is -2.34. The van der Waals surface area contributed by atoms with E-state index in [9.17, 15) is 10.5 Å². The van der Waals surface area contributed by atoms with E-state index in [0.29, 0.717) is 33.8 Å². The molecule has 0 atom stereocenters. The summed E-state index contributed by atoms with van der Waals surface area (Å²) in [6, 6.07) is 9.31. The summed E-state index contributed by atoms with van der Waals surface area (Å²) < 4.78 is 44.9. The van der Waals surface area contributed by atoms with Gasteiger partial charge in [0, 0.05) is 35.5 Å². The van der Waals surface area contributed by atoms with Crippen LogP contribution < -0.4 is 9.47 Å². The van der Waals surface area contributed by atoms with Crippen LogP contribution in [-0.4, -0.2) is 35.9 Å². The number of methoxy groups -OCH3 is 2. The third-order valence-electron chi connectivity index (χ3n) is 6.39. The monoisotopic (exact) mass is 434 g/mol. The molecule has 0 amide bonds. The average Bonchev–Trinajstić information content (AvgIpc) is 3.18. The number of hydrogen-bond acceptors (Lipinski definition) is 4. The third-order valence-corrected chi connectivity index (χ3v) is 6.39. The van der Waals surface area contributed by atoms with Crippen molar-refractivity contribution in [2.75, 3.05) is 14.2 Å². The molecule has 32 heavy (non-hydrogen) atoms. The van der Waals surface area contributed by atoms with Crippen LogP contribution in [-0.2, 0) is 0 Å². The number of nitriles is 2. The van der Waals surface area contributed by atoms with E-state index in [2.05, 4.69) is 12.1 Å². The molecule has 2 aliphatic heterocycles. The van der Waals surface area contributed by atoms with Gasteiger partial charge in [0.2, 0.25) is 0 Å². The number of fused-ring (bicyclic) bond motifs is 2. The van der Waals surface area contributed by atoms with E-state index in [4.69, 9.17) is 9.47 Å². The highest BCUT2D eigenvalue weighted by atomic mass is 19.2. The van der Waals surface area contributed by atoms with Gasteiger partial charge in [0.15, 0.2) is 11.4 Å². The lowest BCUT2D eigenvalue weighted by molar-refractivity contribution is -0.363. The predicted octanol–water partition coefficient (Wildman–Crippen LogP) is 4.32. The molecule has 0 bridgehead atoms. The van der Waals surface area contributed by atoms with Crippen LogP contribution in [0.2, 0.25) is 0 Å². The van der Waals surface area contributed by atoms with E-state index in [1.165, 1.54) is 28.1 Å². The number of benzene rings is 1. The molecule has 0 N–H and O–H groups in total. The van der Waals surface area contributed by atoms with Gasteiger partial charge >= 0.3 is 6.97 Å². The minimum absolute atomic E-state index is 0.185. The fourth-order valence-electron chi connectivity index (χ4n) is 4.93.